The molecule has 0 N–H and O–H groups in total. The molecule has 1 aliphatic carbocycles. The number of ketones is 1. The van der Waals surface area contributed by atoms with Crippen molar-refractivity contribution in [2.75, 3.05) is 7.11 Å². The van der Waals surface area contributed by atoms with Gasteiger partial charge in [0, 0.05) is 11.0 Å². The zero-order chi connectivity index (χ0) is 13.7. The number of rotatable bonds is 1. The number of methoxy groups -OCH3 is 1. The van der Waals surface area contributed by atoms with Gasteiger partial charge in [0.15, 0.2) is 5.78 Å². The van der Waals surface area contributed by atoms with Crippen molar-refractivity contribution in [2.24, 2.45) is 5.41 Å². The lowest BCUT2D eigenvalue weighted by molar-refractivity contribution is -0.138. The van der Waals surface area contributed by atoms with Crippen LogP contribution in [0.25, 0.3) is 0 Å². The number of hydrogen-bond donors (Lipinski definition) is 0. The Labute approximate surface area is 103 Å². The fraction of sp³-hybridized carbons (Fsp3) is 0.462. The van der Waals surface area contributed by atoms with Gasteiger partial charge >= 0.3 is 6.18 Å². The van der Waals surface area contributed by atoms with Crippen molar-refractivity contribution < 1.29 is 22.7 Å². The van der Waals surface area contributed by atoms with Crippen molar-refractivity contribution in [1.82, 2.24) is 0 Å². The number of alkyl halides is 3. The largest absolute Gasteiger partial charge is 0.497 e. The second-order valence-corrected chi connectivity index (χ2v) is 5.10. The first-order valence-electron chi connectivity index (χ1n) is 5.50. The zero-order valence-electron chi connectivity index (χ0n) is 10.3. The molecule has 5 heteroatoms. The van der Waals surface area contributed by atoms with Crippen LogP contribution in [-0.4, -0.2) is 12.9 Å². The van der Waals surface area contributed by atoms with Crippen molar-refractivity contribution in [3.63, 3.8) is 0 Å². The molecular formula is C13H13F3O2. The number of hydrogen-bond acceptors (Lipinski definition) is 2. The lowest BCUT2D eigenvalue weighted by Gasteiger charge is -2.15. The van der Waals surface area contributed by atoms with Crippen LogP contribution in [0, 0.1) is 5.41 Å². The third-order valence-corrected chi connectivity index (χ3v) is 3.21. The molecular weight excluding hydrogens is 245 g/mol. The molecule has 1 aromatic rings. The summed E-state index contributed by atoms with van der Waals surface area (Å²) in [5.74, 6) is -0.320. The molecule has 0 saturated carbocycles. The third-order valence-electron chi connectivity index (χ3n) is 3.21. The van der Waals surface area contributed by atoms with E-state index < -0.39 is 22.9 Å². The van der Waals surface area contributed by atoms with Crippen LogP contribution in [0.1, 0.15) is 35.3 Å². The van der Waals surface area contributed by atoms with Crippen LogP contribution in [0.15, 0.2) is 12.1 Å². The maximum atomic E-state index is 13.0. The minimum Gasteiger partial charge on any atom is -0.497 e. The van der Waals surface area contributed by atoms with Crippen LogP contribution in [0.5, 0.6) is 5.75 Å². The predicted molar refractivity (Wildman–Crippen MR) is 59.8 cm³/mol. The summed E-state index contributed by atoms with van der Waals surface area (Å²) < 4.78 is 43.8. The quantitative estimate of drug-likeness (QED) is 0.770. The second kappa shape index (κ2) is 3.73. The highest BCUT2D eigenvalue weighted by Gasteiger charge is 2.45. The number of carbonyl (C=O) groups excluding carboxylic acids is 1. The summed E-state index contributed by atoms with van der Waals surface area (Å²) in [6.45, 7) is 3.31. The Balaban J connectivity index is 2.70. The van der Waals surface area contributed by atoms with E-state index in [4.69, 9.17) is 4.74 Å². The molecule has 0 aromatic heterocycles. The van der Waals surface area contributed by atoms with Gasteiger partial charge in [-0.1, -0.05) is 13.8 Å². The van der Waals surface area contributed by atoms with E-state index in [0.29, 0.717) is 12.0 Å². The van der Waals surface area contributed by atoms with Gasteiger partial charge in [0.05, 0.1) is 12.7 Å². The van der Waals surface area contributed by atoms with Gasteiger partial charge in [-0.15, -0.1) is 0 Å². The van der Waals surface area contributed by atoms with Gasteiger partial charge in [0.25, 0.3) is 0 Å². The van der Waals surface area contributed by atoms with Gasteiger partial charge in [0.1, 0.15) is 5.75 Å². The number of benzene rings is 1. The molecule has 2 nitrogen and oxygen atoms in total. The van der Waals surface area contributed by atoms with E-state index in [2.05, 4.69) is 0 Å². The lowest BCUT2D eigenvalue weighted by Crippen LogP contribution is -2.21. The van der Waals surface area contributed by atoms with Crippen LogP contribution >= 0.6 is 0 Å². The molecule has 0 radical (unpaired) electrons. The van der Waals surface area contributed by atoms with Crippen molar-refractivity contribution in [3.8, 4) is 5.75 Å². The highest BCUT2D eigenvalue weighted by molar-refractivity contribution is 6.06. The smallest absolute Gasteiger partial charge is 0.417 e. The molecule has 0 atom stereocenters. The Kier molecular flexibility index (Phi) is 2.68. The van der Waals surface area contributed by atoms with Gasteiger partial charge in [0.2, 0.25) is 0 Å². The SMILES string of the molecule is COc1cc2c(c(C(F)(F)F)c1)C(=O)C(C)(C)C2. The number of ether oxygens (including phenoxy) is 1. The Morgan fingerprint density at radius 3 is 2.39 bits per heavy atom. The summed E-state index contributed by atoms with van der Waals surface area (Å²) in [4.78, 5) is 12.0. The van der Waals surface area contributed by atoms with Crippen molar-refractivity contribution in [1.29, 1.82) is 0 Å². The zero-order valence-corrected chi connectivity index (χ0v) is 10.3. The maximum Gasteiger partial charge on any atom is 0.417 e. The summed E-state index contributed by atoms with van der Waals surface area (Å²) in [5.41, 5.74) is -1.47. The predicted octanol–water partition coefficient (Wildman–Crippen LogP) is 3.48. The minimum atomic E-state index is -4.55. The van der Waals surface area contributed by atoms with Crippen LogP contribution in [0.2, 0.25) is 0 Å². The van der Waals surface area contributed by atoms with Gasteiger partial charge in [-0.2, -0.15) is 13.2 Å². The molecule has 18 heavy (non-hydrogen) atoms. The topological polar surface area (TPSA) is 26.3 Å². The fourth-order valence-electron chi connectivity index (χ4n) is 2.32. The standard InChI is InChI=1S/C13H13F3O2/c1-12(2)6-7-4-8(18-3)5-9(13(14,15)16)10(7)11(12)17/h4-5H,6H2,1-3H3. The molecule has 0 aliphatic heterocycles. The molecule has 2 rings (SSSR count). The third kappa shape index (κ3) is 1.87. The van der Waals surface area contributed by atoms with Crippen LogP contribution in [-0.2, 0) is 12.6 Å². The Bertz CT molecular complexity index is 516. The molecule has 0 unspecified atom stereocenters. The highest BCUT2D eigenvalue weighted by atomic mass is 19.4. The summed E-state index contributed by atoms with van der Waals surface area (Å²) in [7, 11) is 1.31. The monoisotopic (exact) mass is 258 g/mol. The molecule has 98 valence electrons. The van der Waals surface area contributed by atoms with Crippen LogP contribution < -0.4 is 4.74 Å². The van der Waals surface area contributed by atoms with E-state index in [1.54, 1.807) is 13.8 Å². The first kappa shape index (κ1) is 12.9. The lowest BCUT2D eigenvalue weighted by atomic mass is 9.88. The van der Waals surface area contributed by atoms with E-state index in [-0.39, 0.29) is 11.3 Å². The molecule has 0 bridgehead atoms. The average molecular weight is 258 g/mol. The molecule has 1 aliphatic rings. The van der Waals surface area contributed by atoms with Gasteiger partial charge in [-0.05, 0) is 24.1 Å². The van der Waals surface area contributed by atoms with Gasteiger partial charge < -0.3 is 4.74 Å². The Hall–Kier alpha value is -1.52. The molecule has 1 aromatic carbocycles. The second-order valence-electron chi connectivity index (χ2n) is 5.10. The average Bonchev–Trinajstić information content (AvgIpc) is 2.47. The first-order chi connectivity index (χ1) is 8.16. The number of carbonyl (C=O) groups is 1. The van der Waals surface area contributed by atoms with Crippen LogP contribution in [0.3, 0.4) is 0 Å². The van der Waals surface area contributed by atoms with Crippen LogP contribution in [0.4, 0.5) is 13.2 Å². The molecule has 0 fully saturated rings. The normalized spacial score (nSPS) is 17.8. The molecule has 0 spiro atoms. The highest BCUT2D eigenvalue weighted by Crippen LogP contribution is 2.44. The van der Waals surface area contributed by atoms with Crippen molar-refractivity contribution in [3.05, 3.63) is 28.8 Å². The molecule has 0 amide bonds. The van der Waals surface area contributed by atoms with E-state index in [9.17, 15) is 18.0 Å². The summed E-state index contributed by atoms with van der Waals surface area (Å²) in [5, 5.41) is 0. The molecule has 0 saturated heterocycles. The van der Waals surface area contributed by atoms with Crippen molar-refractivity contribution in [2.45, 2.75) is 26.4 Å². The summed E-state index contributed by atoms with van der Waals surface area (Å²) >= 11 is 0. The van der Waals surface area contributed by atoms with E-state index in [0.717, 1.165) is 6.07 Å². The van der Waals surface area contributed by atoms with Gasteiger partial charge in [-0.3, -0.25) is 4.79 Å². The van der Waals surface area contributed by atoms with Gasteiger partial charge in [-0.25, -0.2) is 0 Å². The Morgan fingerprint density at radius 2 is 1.89 bits per heavy atom. The van der Waals surface area contributed by atoms with E-state index in [1.165, 1.54) is 13.2 Å². The Morgan fingerprint density at radius 1 is 1.28 bits per heavy atom. The summed E-state index contributed by atoms with van der Waals surface area (Å²) in [6.07, 6.45) is -4.24. The summed E-state index contributed by atoms with van der Waals surface area (Å²) in [6, 6.07) is 2.40. The van der Waals surface area contributed by atoms with E-state index in [1.807, 2.05) is 0 Å². The van der Waals surface area contributed by atoms with Crippen molar-refractivity contribution >= 4 is 5.78 Å². The molecule has 0 heterocycles. The fourth-order valence-corrected chi connectivity index (χ4v) is 2.32. The maximum absolute atomic E-state index is 13.0. The number of halogens is 3. The van der Waals surface area contributed by atoms with E-state index >= 15 is 0 Å². The minimum absolute atomic E-state index is 0.131. The number of Topliss-reactive ketones (excluding diaryl/α,β-unsaturated/α-hetero) is 1. The number of fused-ring (bicyclic) bond motifs is 1. The first-order valence-corrected chi connectivity index (χ1v) is 5.50.